The highest BCUT2D eigenvalue weighted by Gasteiger charge is 2.24. The standard InChI is InChI=1S/C46H28O18/c47-38(48)31-16-7-25(19-34(31)41(53)54)44(59)62-28-10-1-22(2-11-28)37(23-3-12-29(13-4-23)63-45(60)26-8-17-32(39(49)50)35(20-26)42(55)56)24-5-14-30(15-6-24)64-46(61)27-9-18-33(40(51)52)36(21-27)43(57)58/h1-21,37H,(H,47,48)(H,49,50)(H,51,52)(H,53,54)(H,55,56)(H,57,58). The van der Waals surface area contributed by atoms with Gasteiger partial charge in [0.15, 0.2) is 0 Å². The van der Waals surface area contributed by atoms with Crippen molar-refractivity contribution in [2.45, 2.75) is 5.92 Å². The van der Waals surface area contributed by atoms with Crippen molar-refractivity contribution in [1.29, 1.82) is 0 Å². The first-order valence-corrected chi connectivity index (χ1v) is 18.2. The summed E-state index contributed by atoms with van der Waals surface area (Å²) in [6, 6.07) is 27.1. The fourth-order valence-corrected chi connectivity index (χ4v) is 6.36. The van der Waals surface area contributed by atoms with Crippen molar-refractivity contribution in [3.8, 4) is 17.2 Å². The van der Waals surface area contributed by atoms with E-state index in [1.54, 1.807) is 36.4 Å². The molecule has 6 N–H and O–H groups in total. The number of benzene rings is 6. The van der Waals surface area contributed by atoms with Gasteiger partial charge in [-0.15, -0.1) is 0 Å². The van der Waals surface area contributed by atoms with Crippen molar-refractivity contribution in [3.05, 3.63) is 194 Å². The number of carbonyl (C=O) groups is 9. The fraction of sp³-hybridized carbons (Fsp3) is 0.0217. The second kappa shape index (κ2) is 18.4. The van der Waals surface area contributed by atoms with Crippen LogP contribution in [0.1, 0.15) is 116 Å². The Kier molecular flexibility index (Phi) is 12.7. The van der Waals surface area contributed by atoms with E-state index in [-0.39, 0.29) is 33.9 Å². The summed E-state index contributed by atoms with van der Waals surface area (Å²) in [5.74, 6) is -12.7. The van der Waals surface area contributed by atoms with Crippen molar-refractivity contribution >= 4 is 53.7 Å². The smallest absolute Gasteiger partial charge is 0.343 e. The molecule has 0 fully saturated rings. The predicted molar refractivity (Wildman–Crippen MR) is 216 cm³/mol. The summed E-state index contributed by atoms with van der Waals surface area (Å²) >= 11 is 0. The van der Waals surface area contributed by atoms with E-state index < -0.39 is 93.0 Å². The topological polar surface area (TPSA) is 303 Å². The molecule has 0 amide bonds. The number of carbonyl (C=O) groups excluding carboxylic acids is 3. The van der Waals surface area contributed by atoms with Crippen LogP contribution in [0, 0.1) is 0 Å². The van der Waals surface area contributed by atoms with Crippen LogP contribution in [0.15, 0.2) is 127 Å². The maximum Gasteiger partial charge on any atom is 0.343 e. The highest BCUT2D eigenvalue weighted by molar-refractivity contribution is 6.06. The first kappa shape index (κ1) is 44.1. The molecule has 0 unspecified atom stereocenters. The monoisotopic (exact) mass is 868 g/mol. The van der Waals surface area contributed by atoms with Crippen LogP contribution in [0.25, 0.3) is 0 Å². The zero-order valence-electron chi connectivity index (χ0n) is 32.3. The van der Waals surface area contributed by atoms with Gasteiger partial charge in [0, 0.05) is 5.92 Å². The Labute approximate surface area is 358 Å². The van der Waals surface area contributed by atoms with E-state index in [1.807, 2.05) is 0 Å². The van der Waals surface area contributed by atoms with Gasteiger partial charge in [0.2, 0.25) is 0 Å². The normalized spacial score (nSPS) is 10.6. The van der Waals surface area contributed by atoms with Gasteiger partial charge < -0.3 is 44.8 Å². The molecule has 0 saturated carbocycles. The van der Waals surface area contributed by atoms with Crippen LogP contribution < -0.4 is 14.2 Å². The summed E-state index contributed by atoms with van der Waals surface area (Å²) in [5, 5.41) is 56.3. The molecule has 0 saturated heterocycles. The number of aromatic carboxylic acids is 6. The van der Waals surface area contributed by atoms with Gasteiger partial charge in [-0.2, -0.15) is 0 Å². The van der Waals surface area contributed by atoms with E-state index in [9.17, 15) is 73.8 Å². The van der Waals surface area contributed by atoms with E-state index in [4.69, 9.17) is 14.2 Å². The summed E-state index contributed by atoms with van der Waals surface area (Å²) < 4.78 is 16.3. The lowest BCUT2D eigenvalue weighted by Crippen LogP contribution is -2.14. The van der Waals surface area contributed by atoms with Gasteiger partial charge in [-0.3, -0.25) is 0 Å². The van der Waals surface area contributed by atoms with Crippen LogP contribution >= 0.6 is 0 Å². The van der Waals surface area contributed by atoms with Crippen LogP contribution in [-0.4, -0.2) is 84.4 Å². The third kappa shape index (κ3) is 9.77. The number of rotatable bonds is 15. The number of carboxylic acids is 6. The van der Waals surface area contributed by atoms with Gasteiger partial charge in [-0.1, -0.05) is 36.4 Å². The second-order valence-electron chi connectivity index (χ2n) is 13.4. The molecule has 64 heavy (non-hydrogen) atoms. The molecular formula is C46H28O18. The molecular weight excluding hydrogens is 840 g/mol. The van der Waals surface area contributed by atoms with E-state index in [0.29, 0.717) is 16.7 Å². The highest BCUT2D eigenvalue weighted by Crippen LogP contribution is 2.35. The van der Waals surface area contributed by atoms with Crippen LogP contribution in [0.2, 0.25) is 0 Å². The van der Waals surface area contributed by atoms with Crippen molar-refractivity contribution in [3.63, 3.8) is 0 Å². The maximum absolute atomic E-state index is 13.0. The van der Waals surface area contributed by atoms with Gasteiger partial charge in [0.05, 0.1) is 50.1 Å². The zero-order valence-corrected chi connectivity index (χ0v) is 32.3. The largest absolute Gasteiger partial charge is 0.478 e. The molecule has 320 valence electrons. The van der Waals surface area contributed by atoms with E-state index >= 15 is 0 Å². The van der Waals surface area contributed by atoms with E-state index in [2.05, 4.69) is 0 Å². The highest BCUT2D eigenvalue weighted by atomic mass is 16.5. The Balaban J connectivity index is 1.28. The molecule has 0 aromatic heterocycles. The SMILES string of the molecule is O=C(Oc1ccc(C(c2ccc(OC(=O)c3ccc(C(=O)O)c(C(=O)O)c3)cc2)c2ccc(OC(=O)c3ccc(C(=O)O)c(C(=O)O)c3)cc2)cc1)c1ccc(C(=O)O)c(C(=O)O)c1. The van der Waals surface area contributed by atoms with Crippen molar-refractivity contribution in [2.75, 3.05) is 0 Å². The lowest BCUT2D eigenvalue weighted by molar-refractivity contribution is 0.0650. The second-order valence-corrected chi connectivity index (χ2v) is 13.4. The molecule has 0 aliphatic rings. The van der Waals surface area contributed by atoms with Crippen molar-refractivity contribution in [2.24, 2.45) is 0 Å². The molecule has 0 aliphatic heterocycles. The molecule has 0 bridgehead atoms. The number of hydrogen-bond acceptors (Lipinski definition) is 12. The fourth-order valence-electron chi connectivity index (χ4n) is 6.36. The Bertz CT molecular complexity index is 2600. The lowest BCUT2D eigenvalue weighted by atomic mass is 9.85. The van der Waals surface area contributed by atoms with Gasteiger partial charge in [0.25, 0.3) is 0 Å². The van der Waals surface area contributed by atoms with Gasteiger partial charge >= 0.3 is 53.7 Å². The van der Waals surface area contributed by atoms with Crippen LogP contribution in [-0.2, 0) is 0 Å². The summed E-state index contributed by atoms with van der Waals surface area (Å²) in [6.45, 7) is 0. The number of esters is 3. The number of ether oxygens (including phenoxy) is 3. The van der Waals surface area contributed by atoms with Crippen molar-refractivity contribution in [1.82, 2.24) is 0 Å². The number of carboxylic acid groups (broad SMARTS) is 6. The average molecular weight is 869 g/mol. The summed E-state index contributed by atoms with van der Waals surface area (Å²) in [6.07, 6.45) is 0. The lowest BCUT2D eigenvalue weighted by Gasteiger charge is -2.20. The maximum atomic E-state index is 13.0. The summed E-state index contributed by atoms with van der Waals surface area (Å²) in [5.41, 5.74) is -2.37. The van der Waals surface area contributed by atoms with Gasteiger partial charge in [0.1, 0.15) is 17.2 Å². The molecule has 0 heterocycles. The summed E-state index contributed by atoms with van der Waals surface area (Å²) in [7, 11) is 0. The molecule has 0 aliphatic carbocycles. The van der Waals surface area contributed by atoms with Crippen LogP contribution in [0.5, 0.6) is 17.2 Å². The number of hydrogen-bond donors (Lipinski definition) is 6. The van der Waals surface area contributed by atoms with E-state index in [1.165, 1.54) is 36.4 Å². The quantitative estimate of drug-likeness (QED) is 0.0355. The van der Waals surface area contributed by atoms with Crippen molar-refractivity contribution < 1.29 is 88.0 Å². The molecule has 6 rings (SSSR count). The third-order valence-electron chi connectivity index (χ3n) is 9.42. The molecule has 18 heteroatoms. The molecule has 0 spiro atoms. The van der Waals surface area contributed by atoms with Crippen LogP contribution in [0.3, 0.4) is 0 Å². The minimum atomic E-state index is -1.57. The molecule has 0 atom stereocenters. The predicted octanol–water partition coefficient (Wildman–Crippen LogP) is 6.71. The minimum absolute atomic E-state index is 0.0288. The molecule has 6 aromatic rings. The Morgan fingerprint density at radius 3 is 0.719 bits per heavy atom. The zero-order chi connectivity index (χ0) is 46.4. The Morgan fingerprint density at radius 2 is 0.516 bits per heavy atom. The first-order chi connectivity index (χ1) is 30.4. The van der Waals surface area contributed by atoms with Gasteiger partial charge in [-0.05, 0) is 108 Å². The molecule has 0 radical (unpaired) electrons. The van der Waals surface area contributed by atoms with Crippen LogP contribution in [0.4, 0.5) is 0 Å². The minimum Gasteiger partial charge on any atom is -0.478 e. The van der Waals surface area contributed by atoms with E-state index in [0.717, 1.165) is 54.6 Å². The first-order valence-electron chi connectivity index (χ1n) is 18.2. The molecule has 18 nitrogen and oxygen atoms in total. The average Bonchev–Trinajstić information content (AvgIpc) is 3.27. The van der Waals surface area contributed by atoms with Gasteiger partial charge in [-0.25, -0.2) is 43.2 Å². The summed E-state index contributed by atoms with van der Waals surface area (Å²) in [4.78, 5) is 108. The Morgan fingerprint density at radius 1 is 0.297 bits per heavy atom. The molecule has 6 aromatic carbocycles. The third-order valence-corrected chi connectivity index (χ3v) is 9.42. The Hall–Kier alpha value is -9.45.